The fourth-order valence-electron chi connectivity index (χ4n) is 2.44. The molecule has 0 aliphatic heterocycles. The Hall–Kier alpha value is -1.62. The van der Waals surface area contributed by atoms with Crippen LogP contribution in [-0.2, 0) is 0 Å². The van der Waals surface area contributed by atoms with Crippen LogP contribution in [0.3, 0.4) is 0 Å². The zero-order valence-electron chi connectivity index (χ0n) is 11.1. The fraction of sp³-hybridized carbons (Fsp3) is 0.571. The topological polar surface area (TPSA) is 82.5 Å². The van der Waals surface area contributed by atoms with Crippen LogP contribution in [-0.4, -0.2) is 33.3 Å². The molecule has 0 spiro atoms. The molecule has 0 atom stereocenters. The lowest BCUT2D eigenvalue weighted by molar-refractivity contribution is 0.00490. The van der Waals surface area contributed by atoms with E-state index in [-0.39, 0.29) is 5.56 Å². The molecule has 104 valence electrons. The lowest BCUT2D eigenvalue weighted by atomic mass is 9.79. The van der Waals surface area contributed by atoms with Crippen LogP contribution in [0.1, 0.15) is 43.0 Å². The number of rotatable bonds is 4. The fourth-order valence-corrected chi connectivity index (χ4v) is 2.44. The summed E-state index contributed by atoms with van der Waals surface area (Å²) in [5.74, 6) is -0.0355. The van der Waals surface area contributed by atoms with Crippen molar-refractivity contribution in [2.45, 2.75) is 38.2 Å². The molecule has 5 heteroatoms. The number of pyridine rings is 1. The van der Waals surface area contributed by atoms with Gasteiger partial charge in [-0.2, -0.15) is 0 Å². The molecule has 0 radical (unpaired) electrons. The molecule has 1 aromatic heterocycles. The Balaban J connectivity index is 2.01. The van der Waals surface area contributed by atoms with E-state index in [0.717, 1.165) is 25.7 Å². The Bertz CT molecular complexity index is 454. The van der Waals surface area contributed by atoms with Crippen molar-refractivity contribution in [2.24, 2.45) is 5.92 Å². The van der Waals surface area contributed by atoms with Gasteiger partial charge in [0, 0.05) is 12.7 Å². The summed E-state index contributed by atoms with van der Waals surface area (Å²) in [5.41, 5.74) is -0.616. The molecule has 5 nitrogen and oxygen atoms in total. The third kappa shape index (κ3) is 3.44. The van der Waals surface area contributed by atoms with Gasteiger partial charge in [-0.1, -0.05) is 6.92 Å². The molecule has 3 N–H and O–H groups in total. The van der Waals surface area contributed by atoms with Crippen LogP contribution in [0.15, 0.2) is 18.3 Å². The average molecular weight is 264 g/mol. The lowest BCUT2D eigenvalue weighted by Gasteiger charge is -2.35. The van der Waals surface area contributed by atoms with E-state index >= 15 is 0 Å². The molecular weight excluding hydrogens is 244 g/mol. The van der Waals surface area contributed by atoms with Crippen molar-refractivity contribution in [3.63, 3.8) is 0 Å². The average Bonchev–Trinajstić information content (AvgIpc) is 2.41. The Morgan fingerprint density at radius 2 is 2.21 bits per heavy atom. The molecule has 0 amide bonds. The highest BCUT2D eigenvalue weighted by Crippen LogP contribution is 2.32. The molecule has 0 saturated heterocycles. The van der Waals surface area contributed by atoms with Crippen molar-refractivity contribution < 1.29 is 15.0 Å². The van der Waals surface area contributed by atoms with Crippen LogP contribution < -0.4 is 5.32 Å². The number of carboxylic acids is 1. The second-order valence-corrected chi connectivity index (χ2v) is 5.47. The van der Waals surface area contributed by atoms with E-state index in [1.54, 1.807) is 12.3 Å². The molecule has 0 bridgehead atoms. The molecule has 19 heavy (non-hydrogen) atoms. The number of hydrogen-bond acceptors (Lipinski definition) is 4. The Kier molecular flexibility index (Phi) is 4.04. The van der Waals surface area contributed by atoms with Gasteiger partial charge in [-0.15, -0.1) is 0 Å². The number of hydrogen-bond donors (Lipinski definition) is 3. The normalized spacial score (nSPS) is 26.9. The molecule has 1 fully saturated rings. The van der Waals surface area contributed by atoms with Crippen LogP contribution in [0.2, 0.25) is 0 Å². The maximum atomic E-state index is 11.1. The van der Waals surface area contributed by atoms with Crippen LogP contribution in [0.5, 0.6) is 0 Å². The van der Waals surface area contributed by atoms with Gasteiger partial charge < -0.3 is 15.5 Å². The van der Waals surface area contributed by atoms with E-state index in [9.17, 15) is 9.90 Å². The molecular formula is C14H20N2O3. The number of nitrogens with one attached hydrogen (secondary N) is 1. The van der Waals surface area contributed by atoms with Crippen molar-refractivity contribution in [3.8, 4) is 0 Å². The van der Waals surface area contributed by atoms with E-state index in [4.69, 9.17) is 5.11 Å². The summed E-state index contributed by atoms with van der Waals surface area (Å²) >= 11 is 0. The highest BCUT2D eigenvalue weighted by atomic mass is 16.4. The van der Waals surface area contributed by atoms with Crippen molar-refractivity contribution in [1.82, 2.24) is 4.98 Å². The zero-order chi connectivity index (χ0) is 13.9. The summed E-state index contributed by atoms with van der Waals surface area (Å²) < 4.78 is 0. The maximum absolute atomic E-state index is 11.1. The number of aromatic nitrogens is 1. The number of carboxylic acid groups (broad SMARTS) is 1. The summed E-state index contributed by atoms with van der Waals surface area (Å²) in [6.45, 7) is 2.53. The van der Waals surface area contributed by atoms with Crippen LogP contribution >= 0.6 is 0 Å². The minimum Gasteiger partial charge on any atom is -0.478 e. The molecule has 1 aliphatic rings. The zero-order valence-corrected chi connectivity index (χ0v) is 11.1. The largest absolute Gasteiger partial charge is 0.478 e. The summed E-state index contributed by atoms with van der Waals surface area (Å²) in [4.78, 5) is 15.1. The first-order valence-electron chi connectivity index (χ1n) is 6.65. The number of nitrogens with zero attached hydrogens (tertiary/aromatic N) is 1. The van der Waals surface area contributed by atoms with E-state index in [0.29, 0.717) is 18.3 Å². The molecule has 1 aliphatic carbocycles. The third-order valence-electron chi connectivity index (χ3n) is 3.83. The van der Waals surface area contributed by atoms with Crippen molar-refractivity contribution in [2.75, 3.05) is 11.9 Å². The third-order valence-corrected chi connectivity index (χ3v) is 3.83. The van der Waals surface area contributed by atoms with Crippen LogP contribution in [0.25, 0.3) is 0 Å². The first-order valence-corrected chi connectivity index (χ1v) is 6.65. The minimum absolute atomic E-state index is 0.135. The SMILES string of the molecule is CC1CCC(O)(CNc2ncccc2C(=O)O)CC1. The Morgan fingerprint density at radius 1 is 1.53 bits per heavy atom. The first-order chi connectivity index (χ1) is 9.00. The first kappa shape index (κ1) is 13.8. The highest BCUT2D eigenvalue weighted by molar-refractivity contribution is 5.92. The minimum atomic E-state index is -1.01. The van der Waals surface area contributed by atoms with Gasteiger partial charge in [-0.25, -0.2) is 9.78 Å². The predicted molar refractivity (Wildman–Crippen MR) is 72.3 cm³/mol. The maximum Gasteiger partial charge on any atom is 0.339 e. The van der Waals surface area contributed by atoms with Gasteiger partial charge in [-0.3, -0.25) is 0 Å². The highest BCUT2D eigenvalue weighted by Gasteiger charge is 2.31. The molecule has 1 aromatic rings. The van der Waals surface area contributed by atoms with Gasteiger partial charge in [0.25, 0.3) is 0 Å². The van der Waals surface area contributed by atoms with E-state index < -0.39 is 11.6 Å². The van der Waals surface area contributed by atoms with Gasteiger partial charge >= 0.3 is 5.97 Å². The summed E-state index contributed by atoms with van der Waals surface area (Å²) in [6.07, 6.45) is 5.05. The summed E-state index contributed by atoms with van der Waals surface area (Å²) in [7, 11) is 0. The Morgan fingerprint density at radius 3 is 2.84 bits per heavy atom. The summed E-state index contributed by atoms with van der Waals surface area (Å²) in [6, 6.07) is 3.09. The van der Waals surface area contributed by atoms with Crippen LogP contribution in [0.4, 0.5) is 5.82 Å². The van der Waals surface area contributed by atoms with E-state index in [1.165, 1.54) is 6.07 Å². The Labute approximate surface area is 112 Å². The quantitative estimate of drug-likeness (QED) is 0.776. The van der Waals surface area contributed by atoms with Crippen molar-refractivity contribution in [3.05, 3.63) is 23.9 Å². The second-order valence-electron chi connectivity index (χ2n) is 5.47. The summed E-state index contributed by atoms with van der Waals surface area (Å²) in [5, 5.41) is 22.5. The van der Waals surface area contributed by atoms with Gasteiger partial charge in [-0.05, 0) is 43.7 Å². The smallest absolute Gasteiger partial charge is 0.339 e. The number of anilines is 1. The molecule has 2 rings (SSSR count). The van der Waals surface area contributed by atoms with Crippen molar-refractivity contribution in [1.29, 1.82) is 0 Å². The second kappa shape index (κ2) is 5.57. The van der Waals surface area contributed by atoms with Gasteiger partial charge in [0.05, 0.1) is 5.60 Å². The number of carbonyl (C=O) groups is 1. The van der Waals surface area contributed by atoms with Gasteiger partial charge in [0.1, 0.15) is 11.4 Å². The standard InChI is InChI=1S/C14H20N2O3/c1-10-4-6-14(19,7-5-10)9-16-12-11(13(17)18)3-2-8-15-12/h2-3,8,10,19H,4-7,9H2,1H3,(H,15,16)(H,17,18). The van der Waals surface area contributed by atoms with Gasteiger partial charge in [0.2, 0.25) is 0 Å². The van der Waals surface area contributed by atoms with Crippen LogP contribution in [0, 0.1) is 5.92 Å². The van der Waals surface area contributed by atoms with E-state index in [2.05, 4.69) is 17.2 Å². The molecule has 1 saturated carbocycles. The van der Waals surface area contributed by atoms with Gasteiger partial charge in [0.15, 0.2) is 0 Å². The monoisotopic (exact) mass is 264 g/mol. The predicted octanol–water partition coefficient (Wildman–Crippen LogP) is 2.13. The molecule has 0 aromatic carbocycles. The molecule has 0 unspecified atom stereocenters. The lowest BCUT2D eigenvalue weighted by Crippen LogP contribution is -2.40. The molecule has 1 heterocycles. The number of aromatic carboxylic acids is 1. The number of aliphatic hydroxyl groups is 1. The van der Waals surface area contributed by atoms with E-state index in [1.807, 2.05) is 0 Å². The van der Waals surface area contributed by atoms with Crippen molar-refractivity contribution >= 4 is 11.8 Å².